The summed E-state index contributed by atoms with van der Waals surface area (Å²) in [4.78, 5) is 21.8. The molecule has 0 spiro atoms. The summed E-state index contributed by atoms with van der Waals surface area (Å²) in [5, 5.41) is 0. The zero-order valence-corrected chi connectivity index (χ0v) is 12.4. The predicted molar refractivity (Wildman–Crippen MR) is 74.3 cm³/mol. The van der Waals surface area contributed by atoms with Crippen molar-refractivity contribution in [2.75, 3.05) is 38.8 Å². The number of carbonyl (C=O) groups excluding carboxylic acids is 1. The molecule has 0 aromatic carbocycles. The smallest absolute Gasteiger partial charge is 0.325 e. The van der Waals surface area contributed by atoms with Gasteiger partial charge in [-0.1, -0.05) is 6.92 Å². The zero-order valence-electron chi connectivity index (χ0n) is 12.4. The largest absolute Gasteiger partial charge is 0.481 e. The Morgan fingerprint density at radius 2 is 1.80 bits per heavy atom. The quantitative estimate of drug-likeness (QED) is 0.665. The topological polar surface area (TPSA) is 73.8 Å². The molecule has 1 heterocycles. The van der Waals surface area contributed by atoms with Crippen LogP contribution in [0.15, 0.2) is 6.07 Å². The summed E-state index contributed by atoms with van der Waals surface area (Å²) < 4.78 is 15.2. The van der Waals surface area contributed by atoms with Gasteiger partial charge in [0.1, 0.15) is 6.54 Å². The second kappa shape index (κ2) is 8.19. The molecule has 0 aliphatic heterocycles. The van der Waals surface area contributed by atoms with E-state index in [9.17, 15) is 4.79 Å². The summed E-state index contributed by atoms with van der Waals surface area (Å²) in [7, 11) is 3.03. The first-order chi connectivity index (χ1) is 9.64. The molecular formula is C13H21N3O4. The number of hydrogen-bond acceptors (Lipinski definition) is 7. The number of nitrogens with zero attached hydrogens (tertiary/aromatic N) is 3. The van der Waals surface area contributed by atoms with Gasteiger partial charge in [-0.05, 0) is 13.3 Å². The average molecular weight is 283 g/mol. The van der Waals surface area contributed by atoms with Gasteiger partial charge in [0.2, 0.25) is 17.7 Å². The first kappa shape index (κ1) is 16.0. The Morgan fingerprint density at radius 3 is 2.25 bits per heavy atom. The number of anilines is 1. The number of ether oxygens (including phenoxy) is 3. The van der Waals surface area contributed by atoms with Crippen LogP contribution in [0.5, 0.6) is 11.8 Å². The average Bonchev–Trinajstić information content (AvgIpc) is 2.46. The minimum absolute atomic E-state index is 0.0952. The molecule has 0 saturated heterocycles. The highest BCUT2D eigenvalue weighted by molar-refractivity contribution is 5.75. The Hall–Kier alpha value is -2.05. The summed E-state index contributed by atoms with van der Waals surface area (Å²) in [6.45, 7) is 4.86. The van der Waals surface area contributed by atoms with Crippen molar-refractivity contribution in [2.24, 2.45) is 0 Å². The Morgan fingerprint density at radius 1 is 1.20 bits per heavy atom. The van der Waals surface area contributed by atoms with Gasteiger partial charge in [-0.3, -0.25) is 4.79 Å². The molecule has 0 fully saturated rings. The number of hydrogen-bond donors (Lipinski definition) is 0. The number of rotatable bonds is 8. The second-order valence-corrected chi connectivity index (χ2v) is 3.98. The molecule has 0 bridgehead atoms. The fraction of sp³-hybridized carbons (Fsp3) is 0.615. The van der Waals surface area contributed by atoms with E-state index in [4.69, 9.17) is 14.2 Å². The van der Waals surface area contributed by atoms with E-state index in [1.165, 1.54) is 14.2 Å². The van der Waals surface area contributed by atoms with Crippen LogP contribution in [0.3, 0.4) is 0 Å². The van der Waals surface area contributed by atoms with E-state index < -0.39 is 0 Å². The van der Waals surface area contributed by atoms with Gasteiger partial charge >= 0.3 is 5.97 Å². The van der Waals surface area contributed by atoms with E-state index in [0.29, 0.717) is 30.9 Å². The maximum atomic E-state index is 11.6. The molecule has 0 aliphatic carbocycles. The van der Waals surface area contributed by atoms with Crippen molar-refractivity contribution in [1.29, 1.82) is 0 Å². The highest BCUT2D eigenvalue weighted by Crippen LogP contribution is 2.20. The molecular weight excluding hydrogens is 262 g/mol. The minimum atomic E-state index is -0.314. The van der Waals surface area contributed by atoms with Crippen molar-refractivity contribution < 1.29 is 19.0 Å². The van der Waals surface area contributed by atoms with Crippen molar-refractivity contribution in [3.05, 3.63) is 6.07 Å². The molecule has 0 amide bonds. The van der Waals surface area contributed by atoms with Gasteiger partial charge in [0.15, 0.2) is 0 Å². The minimum Gasteiger partial charge on any atom is -0.481 e. The van der Waals surface area contributed by atoms with Gasteiger partial charge in [-0.2, -0.15) is 9.97 Å². The van der Waals surface area contributed by atoms with E-state index in [1.54, 1.807) is 17.9 Å². The molecule has 0 saturated carbocycles. The van der Waals surface area contributed by atoms with Crippen LogP contribution in [0.4, 0.5) is 5.95 Å². The lowest BCUT2D eigenvalue weighted by molar-refractivity contribution is -0.141. The fourth-order valence-corrected chi connectivity index (χ4v) is 1.63. The SMILES string of the molecule is CCCN(CC(=O)OCC)c1nc(OC)cc(OC)n1. The van der Waals surface area contributed by atoms with E-state index >= 15 is 0 Å². The van der Waals surface area contributed by atoms with Crippen LogP contribution in [-0.4, -0.2) is 49.9 Å². The maximum absolute atomic E-state index is 11.6. The predicted octanol–water partition coefficient (Wildman–Crippen LogP) is 1.27. The molecule has 0 unspecified atom stereocenters. The van der Waals surface area contributed by atoms with E-state index in [-0.39, 0.29) is 12.5 Å². The number of aromatic nitrogens is 2. The van der Waals surface area contributed by atoms with Crippen LogP contribution < -0.4 is 14.4 Å². The standard InChI is InChI=1S/C13H21N3O4/c1-5-7-16(9-12(17)20-6-2)13-14-10(18-3)8-11(15-13)19-4/h8H,5-7,9H2,1-4H3. The van der Waals surface area contributed by atoms with Gasteiger partial charge in [0, 0.05) is 6.54 Å². The van der Waals surface area contributed by atoms with Gasteiger partial charge in [-0.15, -0.1) is 0 Å². The third-order valence-corrected chi connectivity index (χ3v) is 2.49. The Balaban J connectivity index is 2.97. The summed E-state index contributed by atoms with van der Waals surface area (Å²) >= 11 is 0. The zero-order chi connectivity index (χ0) is 15.0. The normalized spacial score (nSPS) is 10.0. The molecule has 0 atom stereocenters. The van der Waals surface area contributed by atoms with Crippen LogP contribution in [0, 0.1) is 0 Å². The third-order valence-electron chi connectivity index (χ3n) is 2.49. The summed E-state index contributed by atoms with van der Waals surface area (Å²) in [5.74, 6) is 0.844. The van der Waals surface area contributed by atoms with Crippen molar-refractivity contribution in [1.82, 2.24) is 9.97 Å². The van der Waals surface area contributed by atoms with Gasteiger partial charge in [0.05, 0.1) is 26.9 Å². The second-order valence-electron chi connectivity index (χ2n) is 3.98. The first-order valence-corrected chi connectivity index (χ1v) is 6.52. The lowest BCUT2D eigenvalue weighted by Gasteiger charge is -2.21. The Bertz CT molecular complexity index is 417. The highest BCUT2D eigenvalue weighted by Gasteiger charge is 2.16. The molecule has 20 heavy (non-hydrogen) atoms. The fourth-order valence-electron chi connectivity index (χ4n) is 1.63. The molecule has 0 aliphatic rings. The monoisotopic (exact) mass is 283 g/mol. The van der Waals surface area contributed by atoms with Crippen LogP contribution in [0.1, 0.15) is 20.3 Å². The van der Waals surface area contributed by atoms with E-state index in [0.717, 1.165) is 6.42 Å². The van der Waals surface area contributed by atoms with Crippen LogP contribution in [-0.2, 0) is 9.53 Å². The van der Waals surface area contributed by atoms with E-state index in [1.807, 2.05) is 6.92 Å². The van der Waals surface area contributed by atoms with Gasteiger partial charge < -0.3 is 19.1 Å². The molecule has 0 radical (unpaired) electrons. The van der Waals surface area contributed by atoms with Crippen LogP contribution in [0.25, 0.3) is 0 Å². The number of carbonyl (C=O) groups is 1. The summed E-state index contributed by atoms with van der Waals surface area (Å²) in [6, 6.07) is 1.58. The molecule has 7 heteroatoms. The van der Waals surface area contributed by atoms with Gasteiger partial charge in [-0.25, -0.2) is 0 Å². The Kier molecular flexibility index (Phi) is 6.55. The maximum Gasteiger partial charge on any atom is 0.325 e. The van der Waals surface area contributed by atoms with Crippen molar-refractivity contribution >= 4 is 11.9 Å². The summed E-state index contributed by atoms with van der Waals surface area (Å²) in [5.41, 5.74) is 0. The molecule has 112 valence electrons. The summed E-state index contributed by atoms with van der Waals surface area (Å²) in [6.07, 6.45) is 0.849. The first-order valence-electron chi connectivity index (χ1n) is 6.52. The molecule has 0 N–H and O–H groups in total. The number of esters is 1. The van der Waals surface area contributed by atoms with Crippen molar-refractivity contribution in [3.8, 4) is 11.8 Å². The van der Waals surface area contributed by atoms with E-state index in [2.05, 4.69) is 9.97 Å². The Labute approximate surface area is 118 Å². The lowest BCUT2D eigenvalue weighted by atomic mass is 10.4. The van der Waals surface area contributed by atoms with Crippen molar-refractivity contribution in [3.63, 3.8) is 0 Å². The molecule has 7 nitrogen and oxygen atoms in total. The highest BCUT2D eigenvalue weighted by atomic mass is 16.5. The van der Waals surface area contributed by atoms with Crippen molar-refractivity contribution in [2.45, 2.75) is 20.3 Å². The van der Waals surface area contributed by atoms with Crippen LogP contribution >= 0.6 is 0 Å². The lowest BCUT2D eigenvalue weighted by Crippen LogP contribution is -2.33. The van der Waals surface area contributed by atoms with Gasteiger partial charge in [0.25, 0.3) is 0 Å². The molecule has 1 aromatic rings. The third kappa shape index (κ3) is 4.56. The number of methoxy groups -OCH3 is 2. The molecule has 1 rings (SSSR count). The molecule has 1 aromatic heterocycles. The van der Waals surface area contributed by atoms with Crippen LogP contribution in [0.2, 0.25) is 0 Å².